The third-order valence-electron chi connectivity index (χ3n) is 2.06. The van der Waals surface area contributed by atoms with E-state index in [2.05, 4.69) is 16.6 Å². The lowest BCUT2D eigenvalue weighted by atomic mass is 10.1. The van der Waals surface area contributed by atoms with Crippen LogP contribution in [0, 0.1) is 0 Å². The zero-order chi connectivity index (χ0) is 10.7. The summed E-state index contributed by atoms with van der Waals surface area (Å²) in [5, 5.41) is 3.22. The molecule has 0 spiro atoms. The molecule has 15 heavy (non-hydrogen) atoms. The van der Waals surface area contributed by atoms with E-state index in [1.54, 1.807) is 23.1 Å². The van der Waals surface area contributed by atoms with E-state index < -0.39 is 0 Å². The second-order valence-electron chi connectivity index (χ2n) is 3.15. The van der Waals surface area contributed by atoms with E-state index >= 15 is 0 Å². The Morgan fingerprint density at radius 3 is 2.93 bits per heavy atom. The molecule has 0 radical (unpaired) electrons. The van der Waals surface area contributed by atoms with Crippen molar-refractivity contribution in [3.05, 3.63) is 34.7 Å². The van der Waals surface area contributed by atoms with Crippen molar-refractivity contribution in [1.29, 1.82) is 0 Å². The van der Waals surface area contributed by atoms with Crippen LogP contribution in [0.2, 0.25) is 0 Å². The van der Waals surface area contributed by atoms with Crippen molar-refractivity contribution in [2.75, 3.05) is 12.0 Å². The van der Waals surface area contributed by atoms with Gasteiger partial charge in [0.2, 0.25) is 0 Å². The van der Waals surface area contributed by atoms with E-state index in [9.17, 15) is 0 Å². The molecule has 0 aliphatic rings. The Kier molecular flexibility index (Phi) is 3.28. The van der Waals surface area contributed by atoms with Gasteiger partial charge in [-0.1, -0.05) is 18.2 Å². The maximum Gasteiger partial charge on any atom is 0.103 e. The second kappa shape index (κ2) is 4.68. The number of thiazole rings is 1. The monoisotopic (exact) mass is 236 g/mol. The maximum atomic E-state index is 5.90. The normalized spacial score (nSPS) is 10.5. The summed E-state index contributed by atoms with van der Waals surface area (Å²) in [5.41, 5.74) is 8.70. The van der Waals surface area contributed by atoms with Gasteiger partial charge in [0.15, 0.2) is 0 Å². The minimum absolute atomic E-state index is 0.790. The van der Waals surface area contributed by atoms with Crippen LogP contribution in [-0.4, -0.2) is 11.2 Å². The predicted molar refractivity (Wildman–Crippen MR) is 69.2 cm³/mol. The number of nitrogen functional groups attached to an aromatic ring is 1. The summed E-state index contributed by atoms with van der Waals surface area (Å²) in [6.45, 7) is 0. The molecule has 0 aliphatic heterocycles. The first-order valence-electron chi connectivity index (χ1n) is 4.59. The molecule has 0 fully saturated rings. The molecule has 0 unspecified atom stereocenters. The van der Waals surface area contributed by atoms with Gasteiger partial charge in [-0.25, -0.2) is 4.98 Å². The fraction of sp³-hybridized carbons (Fsp3) is 0.182. The van der Waals surface area contributed by atoms with Gasteiger partial charge in [-0.05, 0) is 12.3 Å². The number of nitrogens with zero attached hydrogens (tertiary/aromatic N) is 1. The van der Waals surface area contributed by atoms with Gasteiger partial charge in [-0.15, -0.1) is 11.3 Å². The number of hydrogen-bond donors (Lipinski definition) is 1. The van der Waals surface area contributed by atoms with Gasteiger partial charge in [-0.2, -0.15) is 11.8 Å². The maximum absolute atomic E-state index is 5.90. The van der Waals surface area contributed by atoms with Gasteiger partial charge in [0, 0.05) is 22.4 Å². The molecular formula is C11H12N2S2. The molecule has 0 aliphatic carbocycles. The van der Waals surface area contributed by atoms with Crippen molar-refractivity contribution in [2.24, 2.45) is 0 Å². The number of thioether (sulfide) groups is 1. The minimum Gasteiger partial charge on any atom is -0.398 e. The molecule has 0 amide bonds. The van der Waals surface area contributed by atoms with Crippen LogP contribution in [-0.2, 0) is 5.75 Å². The highest BCUT2D eigenvalue weighted by Gasteiger charge is 2.06. The molecular weight excluding hydrogens is 224 g/mol. The lowest BCUT2D eigenvalue weighted by molar-refractivity contribution is 1.27. The molecule has 2 nitrogen and oxygen atoms in total. The molecule has 0 bridgehead atoms. The van der Waals surface area contributed by atoms with Crippen molar-refractivity contribution in [3.8, 4) is 11.3 Å². The quantitative estimate of drug-likeness (QED) is 0.831. The SMILES string of the molecule is CSCc1nc(-c2ccccc2N)cs1. The van der Waals surface area contributed by atoms with Gasteiger partial charge in [-0.3, -0.25) is 0 Å². The average molecular weight is 236 g/mol. The summed E-state index contributed by atoms with van der Waals surface area (Å²) < 4.78 is 0. The second-order valence-corrected chi connectivity index (χ2v) is 4.96. The van der Waals surface area contributed by atoms with Crippen molar-refractivity contribution in [1.82, 2.24) is 4.98 Å². The van der Waals surface area contributed by atoms with E-state index in [-0.39, 0.29) is 0 Å². The molecule has 1 aromatic carbocycles. The number of nitrogens with two attached hydrogens (primary N) is 1. The molecule has 0 atom stereocenters. The first-order valence-corrected chi connectivity index (χ1v) is 6.87. The number of hydrogen-bond acceptors (Lipinski definition) is 4. The summed E-state index contributed by atoms with van der Waals surface area (Å²) in [6.07, 6.45) is 2.08. The fourth-order valence-corrected chi connectivity index (χ4v) is 2.87. The van der Waals surface area contributed by atoms with Crippen LogP contribution in [0.3, 0.4) is 0 Å². The zero-order valence-electron chi connectivity index (χ0n) is 8.43. The predicted octanol–water partition coefficient (Wildman–Crippen LogP) is 3.26. The number of aromatic nitrogens is 1. The standard InChI is InChI=1S/C11H12N2S2/c1-14-7-11-13-10(6-15-11)8-4-2-3-5-9(8)12/h2-6H,7,12H2,1H3. The zero-order valence-corrected chi connectivity index (χ0v) is 10.1. The van der Waals surface area contributed by atoms with Crippen molar-refractivity contribution < 1.29 is 0 Å². The highest BCUT2D eigenvalue weighted by Crippen LogP contribution is 2.27. The number of anilines is 1. The Morgan fingerprint density at radius 2 is 2.20 bits per heavy atom. The molecule has 2 rings (SSSR count). The van der Waals surface area contributed by atoms with E-state index in [1.807, 2.05) is 24.3 Å². The van der Waals surface area contributed by atoms with Crippen LogP contribution in [0.15, 0.2) is 29.6 Å². The van der Waals surface area contributed by atoms with E-state index in [4.69, 9.17) is 5.73 Å². The van der Waals surface area contributed by atoms with Crippen molar-refractivity contribution >= 4 is 28.8 Å². The molecule has 0 saturated heterocycles. The van der Waals surface area contributed by atoms with Gasteiger partial charge in [0.1, 0.15) is 5.01 Å². The molecule has 1 aromatic heterocycles. The summed E-state index contributed by atoms with van der Waals surface area (Å²) in [5.74, 6) is 0.970. The Bertz CT molecular complexity index is 451. The third-order valence-corrected chi connectivity index (χ3v) is 3.65. The molecule has 2 aromatic rings. The van der Waals surface area contributed by atoms with Crippen LogP contribution in [0.5, 0.6) is 0 Å². The van der Waals surface area contributed by atoms with Crippen LogP contribution < -0.4 is 5.73 Å². The lowest BCUT2D eigenvalue weighted by Crippen LogP contribution is -1.89. The summed E-state index contributed by atoms with van der Waals surface area (Å²) in [4.78, 5) is 4.55. The first-order chi connectivity index (χ1) is 7.31. The van der Waals surface area contributed by atoms with Gasteiger partial charge in [0.05, 0.1) is 5.69 Å². The smallest absolute Gasteiger partial charge is 0.103 e. The van der Waals surface area contributed by atoms with Crippen LogP contribution in [0.1, 0.15) is 5.01 Å². The lowest BCUT2D eigenvalue weighted by Gasteiger charge is -2.00. The number of para-hydroxylation sites is 1. The van der Waals surface area contributed by atoms with Crippen molar-refractivity contribution in [2.45, 2.75) is 5.75 Å². The highest BCUT2D eigenvalue weighted by molar-refractivity contribution is 7.97. The summed E-state index contributed by atoms with van der Waals surface area (Å²) in [6, 6.07) is 7.84. The Balaban J connectivity index is 2.33. The molecule has 0 saturated carbocycles. The van der Waals surface area contributed by atoms with Crippen molar-refractivity contribution in [3.63, 3.8) is 0 Å². The van der Waals surface area contributed by atoms with Gasteiger partial charge < -0.3 is 5.73 Å². The molecule has 1 heterocycles. The molecule has 2 N–H and O–H groups in total. The highest BCUT2D eigenvalue weighted by atomic mass is 32.2. The topological polar surface area (TPSA) is 38.9 Å². The average Bonchev–Trinajstić information content (AvgIpc) is 2.68. The Labute approximate surface area is 97.5 Å². The van der Waals surface area contributed by atoms with E-state index in [0.29, 0.717) is 0 Å². The largest absolute Gasteiger partial charge is 0.398 e. The van der Waals surface area contributed by atoms with Gasteiger partial charge >= 0.3 is 0 Å². The molecule has 4 heteroatoms. The van der Waals surface area contributed by atoms with Gasteiger partial charge in [0.25, 0.3) is 0 Å². The number of benzene rings is 1. The van der Waals surface area contributed by atoms with Crippen LogP contribution >= 0.6 is 23.1 Å². The number of rotatable bonds is 3. The van der Waals surface area contributed by atoms with Crippen LogP contribution in [0.25, 0.3) is 11.3 Å². The summed E-state index contributed by atoms with van der Waals surface area (Å²) in [7, 11) is 0. The first kappa shape index (κ1) is 10.5. The summed E-state index contributed by atoms with van der Waals surface area (Å²) >= 11 is 3.47. The Hall–Kier alpha value is -1.00. The Morgan fingerprint density at radius 1 is 1.40 bits per heavy atom. The third kappa shape index (κ3) is 2.33. The van der Waals surface area contributed by atoms with E-state index in [0.717, 1.165) is 27.7 Å². The minimum atomic E-state index is 0.790. The van der Waals surface area contributed by atoms with Crippen LogP contribution in [0.4, 0.5) is 5.69 Å². The van der Waals surface area contributed by atoms with E-state index in [1.165, 1.54) is 0 Å². The molecule has 78 valence electrons. The fourth-order valence-electron chi connectivity index (χ4n) is 1.35.